The molecule has 0 aromatic heterocycles. The van der Waals surface area contributed by atoms with E-state index in [-0.39, 0.29) is 0 Å². The van der Waals surface area contributed by atoms with E-state index >= 15 is 0 Å². The van der Waals surface area contributed by atoms with Crippen molar-refractivity contribution in [1.29, 1.82) is 0 Å². The molecule has 0 fully saturated rings. The molecule has 0 radical (unpaired) electrons. The summed E-state index contributed by atoms with van der Waals surface area (Å²) in [5.41, 5.74) is 1.11. The van der Waals surface area contributed by atoms with E-state index in [2.05, 4.69) is 25.4 Å². The van der Waals surface area contributed by atoms with Crippen LogP contribution in [-0.4, -0.2) is 12.8 Å². The quantitative estimate of drug-likeness (QED) is 0.418. The van der Waals surface area contributed by atoms with Crippen molar-refractivity contribution < 1.29 is 0 Å². The van der Waals surface area contributed by atoms with Gasteiger partial charge in [-0.1, -0.05) is 32.6 Å². The first-order chi connectivity index (χ1) is 4.72. The van der Waals surface area contributed by atoms with E-state index in [9.17, 15) is 0 Å². The molecule has 0 heterocycles. The molecule has 0 bridgehead atoms. The number of aliphatic imine (C=N–C) groups is 1. The molecular formula is C9H15N. The Labute approximate surface area is 63.2 Å². The van der Waals surface area contributed by atoms with Gasteiger partial charge in [0.05, 0.1) is 0 Å². The van der Waals surface area contributed by atoms with Crippen LogP contribution in [0.15, 0.2) is 29.8 Å². The molecule has 1 heteroatoms. The van der Waals surface area contributed by atoms with Crippen LogP contribution in [0.2, 0.25) is 0 Å². The van der Waals surface area contributed by atoms with Crippen LogP contribution in [0.3, 0.4) is 0 Å². The third-order valence-electron chi connectivity index (χ3n) is 1.25. The number of nitrogens with zero attached hydrogens (tertiary/aromatic N) is 1. The summed E-state index contributed by atoms with van der Waals surface area (Å²) in [6.07, 6.45) is 5.65. The Morgan fingerprint density at radius 3 is 2.40 bits per heavy atom. The van der Waals surface area contributed by atoms with Crippen molar-refractivity contribution in [2.75, 3.05) is 7.05 Å². The molecule has 0 aromatic carbocycles. The molecule has 0 saturated heterocycles. The van der Waals surface area contributed by atoms with Gasteiger partial charge >= 0.3 is 0 Å². The summed E-state index contributed by atoms with van der Waals surface area (Å²) >= 11 is 0. The molecule has 0 aliphatic heterocycles. The second-order valence-corrected chi connectivity index (χ2v) is 2.40. The smallest absolute Gasteiger partial charge is 0.0370 e. The van der Waals surface area contributed by atoms with Crippen molar-refractivity contribution in [2.24, 2.45) is 10.9 Å². The average Bonchev–Trinajstić information content (AvgIpc) is 1.89. The zero-order valence-corrected chi connectivity index (χ0v) is 6.96. The molecule has 0 aliphatic carbocycles. The van der Waals surface area contributed by atoms with Crippen LogP contribution in [0.5, 0.6) is 0 Å². The minimum absolute atomic E-state index is 0.501. The van der Waals surface area contributed by atoms with E-state index in [1.807, 2.05) is 19.2 Å². The molecule has 0 unspecified atom stereocenters. The Hall–Kier alpha value is -0.850. The van der Waals surface area contributed by atoms with E-state index in [0.717, 1.165) is 5.71 Å². The highest BCUT2D eigenvalue weighted by atomic mass is 14.7. The third kappa shape index (κ3) is 3.23. The summed E-state index contributed by atoms with van der Waals surface area (Å²) in [7, 11) is 1.81. The van der Waals surface area contributed by atoms with E-state index in [0.29, 0.717) is 5.92 Å². The van der Waals surface area contributed by atoms with Crippen LogP contribution >= 0.6 is 0 Å². The van der Waals surface area contributed by atoms with Gasteiger partial charge in [-0.3, -0.25) is 4.99 Å². The first-order valence-corrected chi connectivity index (χ1v) is 3.48. The topological polar surface area (TPSA) is 12.4 Å². The number of rotatable bonds is 3. The Morgan fingerprint density at radius 2 is 2.10 bits per heavy atom. The maximum atomic E-state index is 4.11. The minimum atomic E-state index is 0.501. The van der Waals surface area contributed by atoms with Gasteiger partial charge in [-0.2, -0.15) is 0 Å². The van der Waals surface area contributed by atoms with Gasteiger partial charge in [0.2, 0.25) is 0 Å². The van der Waals surface area contributed by atoms with Crippen LogP contribution in [-0.2, 0) is 0 Å². The van der Waals surface area contributed by atoms with Gasteiger partial charge < -0.3 is 0 Å². The van der Waals surface area contributed by atoms with Gasteiger partial charge in [0.15, 0.2) is 0 Å². The van der Waals surface area contributed by atoms with Gasteiger partial charge in [0, 0.05) is 12.8 Å². The van der Waals surface area contributed by atoms with Crippen molar-refractivity contribution in [2.45, 2.75) is 13.8 Å². The third-order valence-corrected chi connectivity index (χ3v) is 1.25. The van der Waals surface area contributed by atoms with E-state index in [1.165, 1.54) is 0 Å². The lowest BCUT2D eigenvalue weighted by molar-refractivity contribution is 0.886. The maximum absolute atomic E-state index is 4.11. The zero-order chi connectivity index (χ0) is 7.98. The fourth-order valence-electron chi connectivity index (χ4n) is 0.692. The predicted octanol–water partition coefficient (Wildman–Crippen LogP) is 2.46. The standard InChI is InChI=1S/C9H15N/c1-5-6-7-9(10-4)8(2)3/h5-8H,1H2,2-4H3/b7-6-,10-9+. The number of hydrogen-bond donors (Lipinski definition) is 0. The number of hydrogen-bond acceptors (Lipinski definition) is 1. The molecule has 0 spiro atoms. The van der Waals surface area contributed by atoms with Crippen molar-refractivity contribution in [3.63, 3.8) is 0 Å². The Kier molecular flexibility index (Phi) is 4.55. The normalized spacial score (nSPS) is 13.0. The molecule has 56 valence electrons. The van der Waals surface area contributed by atoms with Crippen LogP contribution < -0.4 is 0 Å². The highest BCUT2D eigenvalue weighted by molar-refractivity contribution is 5.96. The molecule has 0 rings (SSSR count). The summed E-state index contributed by atoms with van der Waals surface area (Å²) in [5, 5.41) is 0. The summed E-state index contributed by atoms with van der Waals surface area (Å²) in [6.45, 7) is 7.83. The van der Waals surface area contributed by atoms with Gasteiger partial charge in [0.1, 0.15) is 0 Å². The first-order valence-electron chi connectivity index (χ1n) is 3.48. The lowest BCUT2D eigenvalue weighted by Gasteiger charge is -2.01. The van der Waals surface area contributed by atoms with Crippen LogP contribution in [0, 0.1) is 5.92 Å². The van der Waals surface area contributed by atoms with Crippen molar-refractivity contribution >= 4 is 5.71 Å². The predicted molar refractivity (Wildman–Crippen MR) is 47.5 cm³/mol. The van der Waals surface area contributed by atoms with Gasteiger partial charge in [-0.15, -0.1) is 0 Å². The van der Waals surface area contributed by atoms with Crippen LogP contribution in [0.1, 0.15) is 13.8 Å². The second-order valence-electron chi connectivity index (χ2n) is 2.40. The molecule has 10 heavy (non-hydrogen) atoms. The van der Waals surface area contributed by atoms with E-state index in [1.54, 1.807) is 6.08 Å². The van der Waals surface area contributed by atoms with E-state index in [4.69, 9.17) is 0 Å². The average molecular weight is 137 g/mol. The molecule has 0 saturated carbocycles. The highest BCUT2D eigenvalue weighted by Gasteiger charge is 1.96. The summed E-state index contributed by atoms with van der Waals surface area (Å²) in [5.74, 6) is 0.501. The maximum Gasteiger partial charge on any atom is 0.0370 e. The van der Waals surface area contributed by atoms with Gasteiger partial charge in [-0.05, 0) is 12.0 Å². The van der Waals surface area contributed by atoms with Crippen molar-refractivity contribution in [3.8, 4) is 0 Å². The first kappa shape index (κ1) is 9.15. The van der Waals surface area contributed by atoms with Crippen molar-refractivity contribution in [3.05, 3.63) is 24.8 Å². The Morgan fingerprint density at radius 1 is 1.50 bits per heavy atom. The Bertz CT molecular complexity index is 152. The lowest BCUT2D eigenvalue weighted by atomic mass is 10.1. The highest BCUT2D eigenvalue weighted by Crippen LogP contribution is 1.97. The summed E-state index contributed by atoms with van der Waals surface area (Å²) in [6, 6.07) is 0. The molecule has 0 atom stereocenters. The largest absolute Gasteiger partial charge is 0.293 e. The molecule has 0 aliphatic rings. The molecule has 1 nitrogen and oxygen atoms in total. The van der Waals surface area contributed by atoms with Crippen LogP contribution in [0.25, 0.3) is 0 Å². The van der Waals surface area contributed by atoms with E-state index < -0.39 is 0 Å². The van der Waals surface area contributed by atoms with Crippen LogP contribution in [0.4, 0.5) is 0 Å². The Balaban J connectivity index is 4.10. The zero-order valence-electron chi connectivity index (χ0n) is 6.96. The molecule has 0 amide bonds. The minimum Gasteiger partial charge on any atom is -0.293 e. The fourth-order valence-corrected chi connectivity index (χ4v) is 0.692. The SMILES string of the molecule is C=C/C=C\C(=N/C)C(C)C. The van der Waals surface area contributed by atoms with Gasteiger partial charge in [-0.25, -0.2) is 0 Å². The van der Waals surface area contributed by atoms with Gasteiger partial charge in [0.25, 0.3) is 0 Å². The molecule has 0 aromatic rings. The fraction of sp³-hybridized carbons (Fsp3) is 0.444. The monoisotopic (exact) mass is 137 g/mol. The lowest BCUT2D eigenvalue weighted by Crippen LogP contribution is -2.02. The number of allylic oxidation sites excluding steroid dienone is 3. The van der Waals surface area contributed by atoms with Crippen molar-refractivity contribution in [1.82, 2.24) is 0 Å². The molecule has 0 N–H and O–H groups in total. The summed E-state index contributed by atoms with van der Waals surface area (Å²) in [4.78, 5) is 4.11. The second kappa shape index (κ2) is 4.98. The molecular weight excluding hydrogens is 122 g/mol. The summed E-state index contributed by atoms with van der Waals surface area (Å²) < 4.78 is 0.